The first kappa shape index (κ1) is 14.4. The van der Waals surface area contributed by atoms with Crippen LogP contribution in [0.5, 0.6) is 0 Å². The Morgan fingerprint density at radius 3 is 2.68 bits per heavy atom. The maximum atomic E-state index is 12.8. The van der Waals surface area contributed by atoms with Crippen LogP contribution in [0.2, 0.25) is 5.02 Å². The van der Waals surface area contributed by atoms with Gasteiger partial charge in [0.2, 0.25) is 0 Å². The number of nitrogens with one attached hydrogen (secondary N) is 1. The van der Waals surface area contributed by atoms with Gasteiger partial charge in [-0.2, -0.15) is 0 Å². The minimum absolute atomic E-state index is 0.220. The van der Waals surface area contributed by atoms with E-state index in [9.17, 15) is 4.79 Å². The number of carbonyl (C=O) groups excluding carboxylic acids is 1. The molecule has 1 aromatic rings. The fourth-order valence-electron chi connectivity index (χ4n) is 2.95. The van der Waals surface area contributed by atoms with Crippen molar-refractivity contribution in [1.29, 1.82) is 0 Å². The van der Waals surface area contributed by atoms with Gasteiger partial charge in [0.25, 0.3) is 0 Å². The summed E-state index contributed by atoms with van der Waals surface area (Å²) in [6.07, 6.45) is 3.77. The van der Waals surface area contributed by atoms with Gasteiger partial charge < -0.3 is 11.1 Å². The number of rotatable bonds is 4. The quantitative estimate of drug-likeness (QED) is 0.657. The first-order chi connectivity index (χ1) is 9.09. The number of hydrogen-bond acceptors (Lipinski definition) is 3. The van der Waals surface area contributed by atoms with E-state index in [1.807, 2.05) is 0 Å². The Hall–Kier alpha value is -1.06. The lowest BCUT2D eigenvalue weighted by Gasteiger charge is -2.36. The Morgan fingerprint density at radius 2 is 2.11 bits per heavy atom. The summed E-state index contributed by atoms with van der Waals surface area (Å²) >= 11 is 6.03. The maximum absolute atomic E-state index is 12.8. The van der Waals surface area contributed by atoms with Crippen molar-refractivity contribution in [2.45, 2.75) is 32.6 Å². The van der Waals surface area contributed by atoms with E-state index < -0.39 is 0 Å². The fourth-order valence-corrected chi connectivity index (χ4v) is 3.13. The molecular weight excluding hydrogens is 260 g/mol. The Bertz CT molecular complexity index is 462. The summed E-state index contributed by atoms with van der Waals surface area (Å²) in [5.74, 6) is 0.220. The number of nitrogens with two attached hydrogens (primary N) is 1. The molecule has 0 unspecified atom stereocenters. The van der Waals surface area contributed by atoms with Crippen molar-refractivity contribution in [3.63, 3.8) is 0 Å². The number of anilines is 1. The van der Waals surface area contributed by atoms with Crippen LogP contribution in [0, 0.1) is 5.41 Å². The molecule has 0 atom stereocenters. The number of carbonyl (C=O) groups is 1. The van der Waals surface area contributed by atoms with Crippen LogP contribution in [0.4, 0.5) is 5.69 Å². The molecule has 2 rings (SSSR count). The summed E-state index contributed by atoms with van der Waals surface area (Å²) in [7, 11) is 0. The molecule has 0 radical (unpaired) electrons. The van der Waals surface area contributed by atoms with E-state index in [2.05, 4.69) is 12.2 Å². The standard InChI is InChI=1S/C15H21ClN2O/c1-2-5-15(6-8-18-9-7-15)14(19)11-3-4-13(17)12(16)10-11/h3-4,10,18H,2,5-9,17H2,1H3. The van der Waals surface area contributed by atoms with Crippen LogP contribution in [0.15, 0.2) is 18.2 Å². The molecule has 0 aliphatic carbocycles. The van der Waals surface area contributed by atoms with Gasteiger partial charge in [-0.25, -0.2) is 0 Å². The highest BCUT2D eigenvalue weighted by Crippen LogP contribution is 2.38. The van der Waals surface area contributed by atoms with E-state index in [1.165, 1.54) is 0 Å². The second-order valence-electron chi connectivity index (χ2n) is 5.35. The third-order valence-corrected chi connectivity index (χ3v) is 4.36. The zero-order valence-electron chi connectivity index (χ0n) is 11.3. The van der Waals surface area contributed by atoms with Crippen molar-refractivity contribution in [2.75, 3.05) is 18.8 Å². The lowest BCUT2D eigenvalue weighted by Crippen LogP contribution is -2.42. The normalized spacial score (nSPS) is 18.2. The maximum Gasteiger partial charge on any atom is 0.169 e. The van der Waals surface area contributed by atoms with Crippen LogP contribution >= 0.6 is 11.6 Å². The summed E-state index contributed by atoms with van der Waals surface area (Å²) in [5.41, 5.74) is 6.69. The molecule has 1 aromatic carbocycles. The molecule has 19 heavy (non-hydrogen) atoms. The van der Waals surface area contributed by atoms with Crippen LogP contribution in [0.3, 0.4) is 0 Å². The van der Waals surface area contributed by atoms with E-state index >= 15 is 0 Å². The molecule has 3 N–H and O–H groups in total. The van der Waals surface area contributed by atoms with Crippen molar-refractivity contribution in [2.24, 2.45) is 5.41 Å². The average molecular weight is 281 g/mol. The SMILES string of the molecule is CCCC1(C(=O)c2ccc(N)c(Cl)c2)CCNCC1. The van der Waals surface area contributed by atoms with E-state index in [0.717, 1.165) is 38.8 Å². The lowest BCUT2D eigenvalue weighted by atomic mass is 9.70. The van der Waals surface area contributed by atoms with Crippen molar-refractivity contribution < 1.29 is 4.79 Å². The highest BCUT2D eigenvalue weighted by Gasteiger charge is 2.38. The average Bonchev–Trinajstić information content (AvgIpc) is 2.42. The third kappa shape index (κ3) is 2.93. The van der Waals surface area contributed by atoms with Crippen molar-refractivity contribution in [1.82, 2.24) is 5.32 Å². The second-order valence-corrected chi connectivity index (χ2v) is 5.75. The van der Waals surface area contributed by atoms with E-state index in [4.69, 9.17) is 17.3 Å². The van der Waals surface area contributed by atoms with Crippen molar-refractivity contribution >= 4 is 23.1 Å². The van der Waals surface area contributed by atoms with Gasteiger partial charge in [0.1, 0.15) is 0 Å². The first-order valence-electron chi connectivity index (χ1n) is 6.89. The number of halogens is 1. The van der Waals surface area contributed by atoms with Crippen LogP contribution < -0.4 is 11.1 Å². The Labute approximate surface area is 119 Å². The molecule has 0 bridgehead atoms. The highest BCUT2D eigenvalue weighted by atomic mass is 35.5. The topological polar surface area (TPSA) is 55.1 Å². The zero-order valence-corrected chi connectivity index (χ0v) is 12.1. The predicted octanol–water partition coefficient (Wildman–Crippen LogP) is 3.27. The number of nitrogen functional groups attached to an aromatic ring is 1. The minimum Gasteiger partial charge on any atom is -0.398 e. The first-order valence-corrected chi connectivity index (χ1v) is 7.27. The molecule has 4 heteroatoms. The third-order valence-electron chi connectivity index (χ3n) is 4.03. The number of Topliss-reactive ketones (excluding diaryl/α,β-unsaturated/α-hetero) is 1. The molecule has 1 aliphatic heterocycles. The molecule has 3 nitrogen and oxygen atoms in total. The Morgan fingerprint density at radius 1 is 1.42 bits per heavy atom. The summed E-state index contributed by atoms with van der Waals surface area (Å²) < 4.78 is 0. The molecule has 1 saturated heterocycles. The Kier molecular flexibility index (Phi) is 4.48. The Balaban J connectivity index is 2.30. The summed E-state index contributed by atoms with van der Waals surface area (Å²) in [5, 5.41) is 3.79. The smallest absolute Gasteiger partial charge is 0.169 e. The van der Waals surface area contributed by atoms with Crippen molar-refractivity contribution in [3.05, 3.63) is 28.8 Å². The summed E-state index contributed by atoms with van der Waals surface area (Å²) in [6, 6.07) is 5.22. The van der Waals surface area contributed by atoms with Gasteiger partial charge >= 0.3 is 0 Å². The monoisotopic (exact) mass is 280 g/mol. The fraction of sp³-hybridized carbons (Fsp3) is 0.533. The molecular formula is C15H21ClN2O. The molecule has 0 saturated carbocycles. The number of benzene rings is 1. The van der Waals surface area contributed by atoms with Crippen LogP contribution in [0.25, 0.3) is 0 Å². The predicted molar refractivity (Wildman–Crippen MR) is 79.6 cm³/mol. The molecule has 104 valence electrons. The van der Waals surface area contributed by atoms with Gasteiger partial charge in [0, 0.05) is 11.0 Å². The van der Waals surface area contributed by atoms with E-state index in [1.54, 1.807) is 18.2 Å². The number of hydrogen-bond donors (Lipinski definition) is 2. The van der Waals surface area contributed by atoms with E-state index in [0.29, 0.717) is 16.3 Å². The molecule has 1 fully saturated rings. The summed E-state index contributed by atoms with van der Waals surface area (Å²) in [6.45, 7) is 3.95. The van der Waals surface area contributed by atoms with Gasteiger partial charge in [0.15, 0.2) is 5.78 Å². The van der Waals surface area contributed by atoms with E-state index in [-0.39, 0.29) is 11.2 Å². The molecule has 0 amide bonds. The summed E-state index contributed by atoms with van der Waals surface area (Å²) in [4.78, 5) is 12.8. The largest absolute Gasteiger partial charge is 0.398 e. The minimum atomic E-state index is -0.223. The van der Waals surface area contributed by atoms with Gasteiger partial charge in [-0.1, -0.05) is 24.9 Å². The zero-order chi connectivity index (χ0) is 13.9. The van der Waals surface area contributed by atoms with Gasteiger partial charge in [-0.3, -0.25) is 4.79 Å². The molecule has 0 spiro atoms. The second kappa shape index (κ2) is 5.93. The van der Waals surface area contributed by atoms with Crippen LogP contribution in [0.1, 0.15) is 43.0 Å². The molecule has 1 heterocycles. The lowest BCUT2D eigenvalue weighted by molar-refractivity contribution is 0.0704. The van der Waals surface area contributed by atoms with Crippen LogP contribution in [-0.4, -0.2) is 18.9 Å². The van der Waals surface area contributed by atoms with Gasteiger partial charge in [-0.05, 0) is 50.6 Å². The van der Waals surface area contributed by atoms with Crippen molar-refractivity contribution in [3.8, 4) is 0 Å². The molecule has 1 aliphatic rings. The van der Waals surface area contributed by atoms with Gasteiger partial charge in [-0.15, -0.1) is 0 Å². The highest BCUT2D eigenvalue weighted by molar-refractivity contribution is 6.33. The van der Waals surface area contributed by atoms with Crippen LogP contribution in [-0.2, 0) is 0 Å². The number of ketones is 1. The molecule has 0 aromatic heterocycles. The van der Waals surface area contributed by atoms with Gasteiger partial charge in [0.05, 0.1) is 10.7 Å². The number of piperidine rings is 1.